The van der Waals surface area contributed by atoms with Gasteiger partial charge in [0.25, 0.3) is 0 Å². The van der Waals surface area contributed by atoms with E-state index in [1.165, 1.54) is 0 Å². The van der Waals surface area contributed by atoms with Gasteiger partial charge >= 0.3 is 0 Å². The molecular weight excluding hydrogens is 234 g/mol. The molecular formula is C17H11NO. The summed E-state index contributed by atoms with van der Waals surface area (Å²) in [6.07, 6.45) is 0. The molecule has 0 N–H and O–H groups in total. The monoisotopic (exact) mass is 245 g/mol. The molecule has 2 heteroatoms. The second kappa shape index (κ2) is 4.83. The van der Waals surface area contributed by atoms with E-state index in [1.54, 1.807) is 0 Å². The van der Waals surface area contributed by atoms with Gasteiger partial charge in [0.2, 0.25) is 0 Å². The Morgan fingerprint density at radius 2 is 1.42 bits per heavy atom. The lowest BCUT2D eigenvalue weighted by Gasteiger charge is -2.08. The zero-order valence-electron chi connectivity index (χ0n) is 10.2. The summed E-state index contributed by atoms with van der Waals surface area (Å²) in [7, 11) is 0. The number of hydrogen-bond donors (Lipinski definition) is 0. The molecule has 0 radical (unpaired) electrons. The van der Waals surface area contributed by atoms with Gasteiger partial charge in [-0.15, -0.1) is 0 Å². The fourth-order valence-corrected chi connectivity index (χ4v) is 2.01. The van der Waals surface area contributed by atoms with E-state index in [-0.39, 0.29) is 0 Å². The van der Waals surface area contributed by atoms with Crippen molar-refractivity contribution in [2.24, 2.45) is 0 Å². The number of ether oxygens (including phenoxy) is 1. The maximum absolute atomic E-state index is 9.23. The molecule has 0 atom stereocenters. The predicted molar refractivity (Wildman–Crippen MR) is 75.2 cm³/mol. The van der Waals surface area contributed by atoms with Crippen LogP contribution in [0.4, 0.5) is 0 Å². The first kappa shape index (κ1) is 11.3. The molecule has 3 aromatic rings. The molecule has 3 rings (SSSR count). The van der Waals surface area contributed by atoms with Gasteiger partial charge in [0.15, 0.2) is 0 Å². The van der Waals surface area contributed by atoms with E-state index in [0.717, 1.165) is 16.5 Å². The molecule has 0 aliphatic rings. The van der Waals surface area contributed by atoms with Crippen molar-refractivity contribution in [1.29, 1.82) is 5.26 Å². The predicted octanol–water partition coefficient (Wildman–Crippen LogP) is 4.50. The summed E-state index contributed by atoms with van der Waals surface area (Å²) < 4.78 is 5.79. The van der Waals surface area contributed by atoms with Gasteiger partial charge in [-0.05, 0) is 35.0 Å². The number of para-hydroxylation sites is 1. The second-order valence-electron chi connectivity index (χ2n) is 4.22. The fourth-order valence-electron chi connectivity index (χ4n) is 2.01. The van der Waals surface area contributed by atoms with E-state index in [0.29, 0.717) is 11.3 Å². The maximum Gasteiger partial charge on any atom is 0.145 e. The van der Waals surface area contributed by atoms with E-state index in [1.807, 2.05) is 66.7 Å². The topological polar surface area (TPSA) is 33.0 Å². The van der Waals surface area contributed by atoms with Crippen molar-refractivity contribution in [2.45, 2.75) is 0 Å². The van der Waals surface area contributed by atoms with Crippen molar-refractivity contribution in [3.8, 4) is 17.6 Å². The molecule has 19 heavy (non-hydrogen) atoms. The van der Waals surface area contributed by atoms with Gasteiger partial charge in [-0.2, -0.15) is 5.26 Å². The van der Waals surface area contributed by atoms with Gasteiger partial charge in [0, 0.05) is 0 Å². The first-order valence-corrected chi connectivity index (χ1v) is 6.02. The molecule has 3 aromatic carbocycles. The Morgan fingerprint density at radius 1 is 0.789 bits per heavy atom. The summed E-state index contributed by atoms with van der Waals surface area (Å²) in [5.74, 6) is 1.32. The van der Waals surface area contributed by atoms with Crippen LogP contribution in [0.1, 0.15) is 5.56 Å². The smallest absolute Gasteiger partial charge is 0.145 e. The molecule has 0 aliphatic heterocycles. The van der Waals surface area contributed by atoms with Crippen molar-refractivity contribution in [2.75, 3.05) is 0 Å². The Bertz CT molecular complexity index is 757. The van der Waals surface area contributed by atoms with Crippen LogP contribution in [-0.4, -0.2) is 0 Å². The van der Waals surface area contributed by atoms with Crippen molar-refractivity contribution in [3.05, 3.63) is 72.3 Å². The lowest BCUT2D eigenvalue weighted by atomic mass is 10.1. The first-order valence-electron chi connectivity index (χ1n) is 6.02. The van der Waals surface area contributed by atoms with E-state index in [2.05, 4.69) is 6.07 Å². The van der Waals surface area contributed by atoms with Crippen molar-refractivity contribution < 1.29 is 4.74 Å². The first-order chi connectivity index (χ1) is 9.36. The van der Waals surface area contributed by atoms with Crippen LogP contribution >= 0.6 is 0 Å². The van der Waals surface area contributed by atoms with Crippen LogP contribution in [0.5, 0.6) is 11.5 Å². The molecule has 0 heterocycles. The highest BCUT2D eigenvalue weighted by atomic mass is 16.5. The highest BCUT2D eigenvalue weighted by Gasteiger charge is 2.06. The fraction of sp³-hybridized carbons (Fsp3) is 0. The van der Waals surface area contributed by atoms with Crippen LogP contribution in [0, 0.1) is 11.3 Å². The van der Waals surface area contributed by atoms with Gasteiger partial charge in [-0.3, -0.25) is 0 Å². The molecule has 0 amide bonds. The molecule has 0 aliphatic carbocycles. The number of nitrogens with zero attached hydrogens (tertiary/aromatic N) is 1. The Balaban J connectivity index is 2.10. The van der Waals surface area contributed by atoms with Gasteiger partial charge in [-0.1, -0.05) is 42.5 Å². The van der Waals surface area contributed by atoms with Gasteiger partial charge in [0.05, 0.1) is 5.56 Å². The summed E-state index contributed by atoms with van der Waals surface area (Å²) in [6, 6.07) is 23.4. The maximum atomic E-state index is 9.23. The number of hydrogen-bond acceptors (Lipinski definition) is 2. The van der Waals surface area contributed by atoms with Crippen molar-refractivity contribution >= 4 is 10.8 Å². The minimum absolute atomic E-state index is 0.544. The zero-order valence-corrected chi connectivity index (χ0v) is 10.2. The Kier molecular flexibility index (Phi) is 2.88. The summed E-state index contributed by atoms with van der Waals surface area (Å²) in [5, 5.41) is 11.3. The second-order valence-corrected chi connectivity index (χ2v) is 4.22. The standard InChI is InChI=1S/C17H11NO/c18-12-15-10-13-6-4-5-7-14(13)11-17(15)19-16-8-2-1-3-9-16/h1-11H. The zero-order chi connectivity index (χ0) is 13.1. The van der Waals surface area contributed by atoms with Crippen LogP contribution in [0.25, 0.3) is 10.8 Å². The summed E-state index contributed by atoms with van der Waals surface area (Å²) >= 11 is 0. The molecule has 90 valence electrons. The van der Waals surface area contributed by atoms with Crippen molar-refractivity contribution in [3.63, 3.8) is 0 Å². The molecule has 0 fully saturated rings. The van der Waals surface area contributed by atoms with Crippen LogP contribution in [-0.2, 0) is 0 Å². The quantitative estimate of drug-likeness (QED) is 0.665. The van der Waals surface area contributed by atoms with Crippen LogP contribution < -0.4 is 4.74 Å². The SMILES string of the molecule is N#Cc1cc2ccccc2cc1Oc1ccccc1. The molecule has 0 saturated carbocycles. The lowest BCUT2D eigenvalue weighted by Crippen LogP contribution is -1.88. The summed E-state index contributed by atoms with van der Waals surface area (Å²) in [6.45, 7) is 0. The number of fused-ring (bicyclic) bond motifs is 1. The largest absolute Gasteiger partial charge is 0.456 e. The normalized spacial score (nSPS) is 10.1. The number of nitriles is 1. The molecule has 0 spiro atoms. The van der Waals surface area contributed by atoms with E-state index in [4.69, 9.17) is 4.74 Å². The van der Waals surface area contributed by atoms with Gasteiger partial charge < -0.3 is 4.74 Å². The molecule has 0 bridgehead atoms. The third-order valence-corrected chi connectivity index (χ3v) is 2.94. The third kappa shape index (κ3) is 2.27. The molecule has 2 nitrogen and oxygen atoms in total. The highest BCUT2D eigenvalue weighted by molar-refractivity contribution is 5.86. The lowest BCUT2D eigenvalue weighted by molar-refractivity contribution is 0.482. The highest BCUT2D eigenvalue weighted by Crippen LogP contribution is 2.29. The van der Waals surface area contributed by atoms with Gasteiger partial charge in [-0.25, -0.2) is 0 Å². The average Bonchev–Trinajstić information content (AvgIpc) is 2.47. The van der Waals surface area contributed by atoms with Crippen LogP contribution in [0.2, 0.25) is 0 Å². The van der Waals surface area contributed by atoms with Gasteiger partial charge in [0.1, 0.15) is 17.6 Å². The minimum atomic E-state index is 0.544. The summed E-state index contributed by atoms with van der Waals surface area (Å²) in [4.78, 5) is 0. The van der Waals surface area contributed by atoms with E-state index in [9.17, 15) is 5.26 Å². The van der Waals surface area contributed by atoms with Crippen molar-refractivity contribution in [1.82, 2.24) is 0 Å². The van der Waals surface area contributed by atoms with Crippen LogP contribution in [0.3, 0.4) is 0 Å². The molecule has 0 unspecified atom stereocenters. The molecule has 0 aromatic heterocycles. The summed E-state index contributed by atoms with van der Waals surface area (Å²) in [5.41, 5.74) is 0.544. The van der Waals surface area contributed by atoms with Crippen LogP contribution in [0.15, 0.2) is 66.7 Å². The number of rotatable bonds is 2. The Labute approximate surface area is 111 Å². The Hall–Kier alpha value is -2.79. The van der Waals surface area contributed by atoms with E-state index < -0.39 is 0 Å². The third-order valence-electron chi connectivity index (χ3n) is 2.94. The van der Waals surface area contributed by atoms with E-state index >= 15 is 0 Å². The average molecular weight is 245 g/mol. The number of benzene rings is 3. The Morgan fingerprint density at radius 3 is 2.11 bits per heavy atom. The minimum Gasteiger partial charge on any atom is -0.456 e. The molecule has 0 saturated heterocycles.